The highest BCUT2D eigenvalue weighted by Crippen LogP contribution is 2.78. The summed E-state index contributed by atoms with van der Waals surface area (Å²) >= 11 is 0. The van der Waals surface area contributed by atoms with Gasteiger partial charge in [-0.25, -0.2) is 4.79 Å². The number of fused-ring (bicyclic) bond motifs is 2. The van der Waals surface area contributed by atoms with Crippen molar-refractivity contribution >= 4 is 5.97 Å². The van der Waals surface area contributed by atoms with Crippen molar-refractivity contribution in [3.05, 3.63) is 29.8 Å². The third-order valence-corrected chi connectivity index (χ3v) is 12.4. The minimum absolute atomic E-state index is 0.0424. The van der Waals surface area contributed by atoms with Crippen molar-refractivity contribution in [3.63, 3.8) is 0 Å². The number of methoxy groups -OCH3 is 5. The Hall–Kier alpha value is -1.79. The molecule has 1 aliphatic heterocycles. The maximum Gasteiger partial charge on any atom is 0.338 e. The van der Waals surface area contributed by atoms with Crippen LogP contribution in [-0.4, -0.2) is 107 Å². The van der Waals surface area contributed by atoms with Gasteiger partial charge in [0.2, 0.25) is 0 Å². The Morgan fingerprint density at radius 1 is 1.00 bits per heavy atom. The summed E-state index contributed by atoms with van der Waals surface area (Å²) < 4.78 is 36.1. The second kappa shape index (κ2) is 9.61. The maximum absolute atomic E-state index is 13.6. The van der Waals surface area contributed by atoms with Crippen molar-refractivity contribution in [2.75, 3.05) is 48.7 Å². The van der Waals surface area contributed by atoms with Crippen LogP contribution in [-0.2, 0) is 23.7 Å². The number of ether oxygens (including phenoxy) is 6. The molecule has 5 saturated carbocycles. The van der Waals surface area contributed by atoms with Crippen molar-refractivity contribution in [2.45, 2.75) is 61.4 Å². The van der Waals surface area contributed by atoms with E-state index in [-0.39, 0.29) is 47.8 Å². The van der Waals surface area contributed by atoms with Gasteiger partial charge in [0.25, 0.3) is 0 Å². The van der Waals surface area contributed by atoms with Crippen LogP contribution in [0.5, 0.6) is 5.75 Å². The molecule has 5 aliphatic carbocycles. The van der Waals surface area contributed by atoms with Crippen LogP contribution in [0.25, 0.3) is 0 Å². The quantitative estimate of drug-likeness (QED) is 0.392. The number of esters is 1. The van der Waals surface area contributed by atoms with Gasteiger partial charge < -0.3 is 44.0 Å². The Bertz CT molecular complexity index is 1180. The molecule has 0 aromatic heterocycles. The van der Waals surface area contributed by atoms with Crippen molar-refractivity contribution in [2.24, 2.45) is 40.4 Å². The highest BCUT2D eigenvalue weighted by Gasteiger charge is 2.85. The summed E-state index contributed by atoms with van der Waals surface area (Å²) in [6.07, 6.45) is -0.747. The van der Waals surface area contributed by atoms with Crippen molar-refractivity contribution in [1.29, 1.82) is 0 Å². The van der Waals surface area contributed by atoms with Gasteiger partial charge in [-0.3, -0.25) is 0 Å². The van der Waals surface area contributed by atoms with Crippen LogP contribution in [0, 0.1) is 40.4 Å². The SMILES string of the molecule is COCC12CNC3C4C5CC(OC)C6(O)CC(C5C6OC(=O)c5ccc(OC)cc5)C3(C(OC)CC1O)C2C4OC. The van der Waals surface area contributed by atoms with Crippen LogP contribution >= 0.6 is 0 Å². The van der Waals surface area contributed by atoms with E-state index in [1.165, 1.54) is 0 Å². The van der Waals surface area contributed by atoms with E-state index in [2.05, 4.69) is 5.32 Å². The Morgan fingerprint density at radius 2 is 1.73 bits per heavy atom. The Balaban J connectivity index is 1.36. The zero-order valence-corrected chi connectivity index (χ0v) is 24.4. The third-order valence-electron chi connectivity index (χ3n) is 12.4. The number of aliphatic hydroxyl groups excluding tert-OH is 1. The Kier molecular flexibility index (Phi) is 6.56. The summed E-state index contributed by atoms with van der Waals surface area (Å²) in [7, 11) is 8.39. The van der Waals surface area contributed by atoms with E-state index in [1.807, 2.05) is 0 Å². The zero-order valence-electron chi connectivity index (χ0n) is 24.4. The molecule has 226 valence electrons. The maximum atomic E-state index is 13.6. The van der Waals surface area contributed by atoms with E-state index < -0.39 is 40.7 Å². The lowest BCUT2D eigenvalue weighted by atomic mass is 9.43. The molecular weight excluding hydrogens is 530 g/mol. The molecule has 1 saturated heterocycles. The van der Waals surface area contributed by atoms with E-state index >= 15 is 0 Å². The molecule has 1 aromatic rings. The minimum atomic E-state index is -1.35. The van der Waals surface area contributed by atoms with Crippen LogP contribution in [0.2, 0.25) is 0 Å². The van der Waals surface area contributed by atoms with Crippen LogP contribution in [0.1, 0.15) is 29.6 Å². The fraction of sp³-hybridized carbons (Fsp3) is 0.774. The highest BCUT2D eigenvalue weighted by atomic mass is 16.6. The number of aliphatic hydroxyl groups is 2. The number of rotatable bonds is 8. The van der Waals surface area contributed by atoms with E-state index in [1.54, 1.807) is 59.8 Å². The van der Waals surface area contributed by atoms with Gasteiger partial charge in [0.05, 0.1) is 43.7 Å². The summed E-state index contributed by atoms with van der Waals surface area (Å²) in [5.74, 6) is 0.118. The normalized spacial score (nSPS) is 50.5. The minimum Gasteiger partial charge on any atom is -0.497 e. The molecule has 3 N–H and O–H groups in total. The predicted octanol–water partition coefficient (Wildman–Crippen LogP) is 1.27. The van der Waals surface area contributed by atoms with E-state index in [9.17, 15) is 15.0 Å². The number of benzene rings is 1. The summed E-state index contributed by atoms with van der Waals surface area (Å²) in [5, 5.41) is 28.0. The van der Waals surface area contributed by atoms with Crippen LogP contribution in [0.4, 0.5) is 0 Å². The molecule has 7 rings (SSSR count). The summed E-state index contributed by atoms with van der Waals surface area (Å²) in [6, 6.07) is 6.90. The number of hydrogen-bond donors (Lipinski definition) is 3. The Morgan fingerprint density at radius 3 is 2.37 bits per heavy atom. The van der Waals surface area contributed by atoms with Gasteiger partial charge in [-0.2, -0.15) is 0 Å². The summed E-state index contributed by atoms with van der Waals surface area (Å²) in [4.78, 5) is 13.6. The molecule has 6 fully saturated rings. The van der Waals surface area contributed by atoms with Gasteiger partial charge >= 0.3 is 5.97 Å². The van der Waals surface area contributed by atoms with Gasteiger partial charge in [-0.05, 0) is 48.9 Å². The number of nitrogens with one attached hydrogen (secondary N) is 1. The first-order chi connectivity index (χ1) is 19.8. The molecule has 0 radical (unpaired) electrons. The lowest BCUT2D eigenvalue weighted by Gasteiger charge is -2.66. The second-order valence-electron chi connectivity index (χ2n) is 13.3. The molecule has 7 bridgehead atoms. The van der Waals surface area contributed by atoms with Crippen molar-refractivity contribution in [3.8, 4) is 5.75 Å². The molecule has 6 aliphatic rings. The lowest BCUT2D eigenvalue weighted by molar-refractivity contribution is -0.255. The van der Waals surface area contributed by atoms with Gasteiger partial charge in [-0.15, -0.1) is 0 Å². The molecular formula is C31H43NO9. The average molecular weight is 574 g/mol. The molecule has 10 nitrogen and oxygen atoms in total. The van der Waals surface area contributed by atoms with Crippen LogP contribution in [0.15, 0.2) is 24.3 Å². The molecule has 10 heteroatoms. The third kappa shape index (κ3) is 3.30. The summed E-state index contributed by atoms with van der Waals surface area (Å²) in [5.41, 5.74) is -1.96. The zero-order chi connectivity index (χ0) is 28.9. The lowest BCUT2D eigenvalue weighted by Crippen LogP contribution is -2.76. The molecule has 0 amide bonds. The monoisotopic (exact) mass is 573 g/mol. The molecule has 1 spiro atoms. The Labute approximate surface area is 241 Å². The number of piperidine rings is 1. The largest absolute Gasteiger partial charge is 0.497 e. The van der Waals surface area contributed by atoms with E-state index in [4.69, 9.17) is 28.4 Å². The van der Waals surface area contributed by atoms with E-state index in [0.717, 1.165) is 0 Å². The predicted molar refractivity (Wildman–Crippen MR) is 145 cm³/mol. The molecule has 14 atom stereocenters. The molecule has 1 aromatic carbocycles. The fourth-order valence-corrected chi connectivity index (χ4v) is 11.3. The number of carbonyl (C=O) groups is 1. The second-order valence-corrected chi connectivity index (χ2v) is 13.3. The smallest absolute Gasteiger partial charge is 0.338 e. The first kappa shape index (κ1) is 28.0. The van der Waals surface area contributed by atoms with Gasteiger partial charge in [0, 0.05) is 76.0 Å². The average Bonchev–Trinajstić information content (AvgIpc) is 3.29. The number of hydrogen-bond acceptors (Lipinski definition) is 10. The van der Waals surface area contributed by atoms with Crippen molar-refractivity contribution < 1.29 is 43.4 Å². The van der Waals surface area contributed by atoms with Gasteiger partial charge in [0.1, 0.15) is 17.5 Å². The highest BCUT2D eigenvalue weighted by molar-refractivity contribution is 5.89. The number of carbonyl (C=O) groups excluding carboxylic acids is 1. The summed E-state index contributed by atoms with van der Waals surface area (Å²) in [6.45, 7) is 1.02. The first-order valence-electron chi connectivity index (χ1n) is 14.8. The molecule has 41 heavy (non-hydrogen) atoms. The topological polar surface area (TPSA) is 125 Å². The molecule has 14 unspecified atom stereocenters. The van der Waals surface area contributed by atoms with Crippen LogP contribution < -0.4 is 10.1 Å². The molecule has 1 heterocycles. The fourth-order valence-electron chi connectivity index (χ4n) is 11.3. The van der Waals surface area contributed by atoms with Gasteiger partial charge in [0.15, 0.2) is 0 Å². The van der Waals surface area contributed by atoms with E-state index in [0.29, 0.717) is 43.7 Å². The first-order valence-corrected chi connectivity index (χ1v) is 14.8. The van der Waals surface area contributed by atoms with Gasteiger partial charge in [-0.1, -0.05) is 0 Å². The van der Waals surface area contributed by atoms with Crippen molar-refractivity contribution in [1.82, 2.24) is 5.32 Å². The van der Waals surface area contributed by atoms with Crippen LogP contribution in [0.3, 0.4) is 0 Å². The standard InChI is InChI=1S/C31H43NO9/c1-36-14-29-13-32-26-23-17-10-20(38-3)30(35)12-18(31(26,25(29)24(23)40-5)21(39-4)11-19(29)33)22(17)27(30)41-28(34)15-6-8-16(37-2)9-7-15/h6-9,17-27,32-33,35H,10-14H2,1-5H3.